The molecular formula is C28H29N7. The maximum atomic E-state index is 4.93. The van der Waals surface area contributed by atoms with E-state index in [1.54, 1.807) is 0 Å². The summed E-state index contributed by atoms with van der Waals surface area (Å²) in [5.41, 5.74) is 5.61. The lowest BCUT2D eigenvalue weighted by atomic mass is 9.98. The molecular weight excluding hydrogens is 434 g/mol. The molecule has 0 amide bonds. The number of nitrogens with one attached hydrogen (secondary N) is 1. The molecule has 0 atom stereocenters. The molecule has 0 aliphatic carbocycles. The predicted molar refractivity (Wildman–Crippen MR) is 137 cm³/mol. The summed E-state index contributed by atoms with van der Waals surface area (Å²) < 4.78 is 2.10. The van der Waals surface area contributed by atoms with Crippen molar-refractivity contribution in [2.45, 2.75) is 39.7 Å². The van der Waals surface area contributed by atoms with Gasteiger partial charge in [0.25, 0.3) is 0 Å². The SMILES string of the molecule is CC(C)CCn1nc(Cc2ccccc2)nc1Cc1ccc(-c2ccccc2-c2nnn[nH]2)cc1. The number of H-pyrrole nitrogens is 1. The monoisotopic (exact) mass is 463 g/mol. The van der Waals surface area contributed by atoms with Crippen molar-refractivity contribution in [3.63, 3.8) is 0 Å². The molecule has 0 saturated heterocycles. The normalized spacial score (nSPS) is 11.3. The second-order valence-corrected chi connectivity index (χ2v) is 9.18. The number of nitrogens with zero attached hydrogens (tertiary/aromatic N) is 6. The Bertz CT molecular complexity index is 1350. The lowest BCUT2D eigenvalue weighted by Gasteiger charge is -2.10. The fourth-order valence-corrected chi connectivity index (χ4v) is 4.17. The Morgan fingerprint density at radius 3 is 2.23 bits per heavy atom. The minimum Gasteiger partial charge on any atom is -0.249 e. The van der Waals surface area contributed by atoms with Gasteiger partial charge in [-0.25, -0.2) is 14.8 Å². The number of aryl methyl sites for hydroxylation is 1. The van der Waals surface area contributed by atoms with Gasteiger partial charge in [0.15, 0.2) is 11.6 Å². The van der Waals surface area contributed by atoms with Gasteiger partial charge >= 0.3 is 0 Å². The van der Waals surface area contributed by atoms with E-state index in [0.29, 0.717) is 11.7 Å². The first-order valence-electron chi connectivity index (χ1n) is 12.0. The molecule has 5 aromatic rings. The van der Waals surface area contributed by atoms with Crippen molar-refractivity contribution < 1.29 is 0 Å². The minimum absolute atomic E-state index is 0.614. The van der Waals surface area contributed by atoms with Crippen LogP contribution in [0.2, 0.25) is 0 Å². The Morgan fingerprint density at radius 1 is 0.800 bits per heavy atom. The van der Waals surface area contributed by atoms with Crippen LogP contribution in [-0.2, 0) is 19.4 Å². The maximum Gasteiger partial charge on any atom is 0.180 e. The van der Waals surface area contributed by atoms with Gasteiger partial charge in [0, 0.05) is 24.9 Å². The van der Waals surface area contributed by atoms with Gasteiger partial charge in [0.1, 0.15) is 5.82 Å². The largest absolute Gasteiger partial charge is 0.249 e. The average Bonchev–Trinajstić information content (AvgIpc) is 3.54. The molecule has 176 valence electrons. The molecule has 0 aliphatic heterocycles. The zero-order chi connectivity index (χ0) is 24.0. The highest BCUT2D eigenvalue weighted by molar-refractivity contribution is 5.80. The van der Waals surface area contributed by atoms with Crippen molar-refractivity contribution >= 4 is 0 Å². The Morgan fingerprint density at radius 2 is 1.51 bits per heavy atom. The van der Waals surface area contributed by atoms with Gasteiger partial charge in [-0.2, -0.15) is 5.10 Å². The standard InChI is InChI=1S/C28H29N7/c1-20(2)16-17-35-27(29-26(32-35)18-21-8-4-3-5-9-21)19-22-12-14-23(15-13-22)24-10-6-7-11-25(24)28-30-33-34-31-28/h3-15,20H,16-19H2,1-2H3,(H,30,31,33,34). The molecule has 3 aromatic carbocycles. The maximum absolute atomic E-state index is 4.93. The van der Waals surface area contributed by atoms with Crippen LogP contribution in [0.5, 0.6) is 0 Å². The van der Waals surface area contributed by atoms with Gasteiger partial charge in [0.2, 0.25) is 0 Å². The molecule has 0 spiro atoms. The van der Waals surface area contributed by atoms with E-state index in [1.807, 2.05) is 24.3 Å². The molecule has 0 radical (unpaired) electrons. The van der Waals surface area contributed by atoms with Crippen molar-refractivity contribution in [3.05, 3.63) is 102 Å². The molecule has 0 saturated carbocycles. The summed E-state index contributed by atoms with van der Waals surface area (Å²) in [5, 5.41) is 19.2. The first-order valence-corrected chi connectivity index (χ1v) is 12.0. The summed E-state index contributed by atoms with van der Waals surface area (Å²) in [4.78, 5) is 4.93. The number of tetrazole rings is 1. The molecule has 0 aliphatic rings. The highest BCUT2D eigenvalue weighted by atomic mass is 15.5. The minimum atomic E-state index is 0.614. The van der Waals surface area contributed by atoms with Crippen molar-refractivity contribution in [2.24, 2.45) is 5.92 Å². The van der Waals surface area contributed by atoms with Gasteiger partial charge < -0.3 is 0 Å². The smallest absolute Gasteiger partial charge is 0.180 e. The van der Waals surface area contributed by atoms with E-state index in [2.05, 4.69) is 93.8 Å². The van der Waals surface area contributed by atoms with Crippen LogP contribution in [0, 0.1) is 5.92 Å². The average molecular weight is 464 g/mol. The molecule has 0 unspecified atom stereocenters. The number of rotatable bonds is 9. The molecule has 5 rings (SSSR count). The molecule has 35 heavy (non-hydrogen) atoms. The molecule has 0 fully saturated rings. The van der Waals surface area contributed by atoms with Crippen LogP contribution in [0.25, 0.3) is 22.5 Å². The topological polar surface area (TPSA) is 85.2 Å². The van der Waals surface area contributed by atoms with Crippen LogP contribution in [0.3, 0.4) is 0 Å². The lowest BCUT2D eigenvalue weighted by molar-refractivity contribution is 0.474. The van der Waals surface area contributed by atoms with E-state index in [-0.39, 0.29) is 0 Å². The van der Waals surface area contributed by atoms with Crippen LogP contribution >= 0.6 is 0 Å². The van der Waals surface area contributed by atoms with Crippen LogP contribution < -0.4 is 0 Å². The van der Waals surface area contributed by atoms with E-state index in [0.717, 1.165) is 54.1 Å². The molecule has 1 N–H and O–H groups in total. The van der Waals surface area contributed by atoms with Gasteiger partial charge in [-0.05, 0) is 45.0 Å². The van der Waals surface area contributed by atoms with Gasteiger partial charge in [-0.15, -0.1) is 5.10 Å². The quantitative estimate of drug-likeness (QED) is 0.318. The van der Waals surface area contributed by atoms with Crippen LogP contribution in [0.1, 0.15) is 43.0 Å². The summed E-state index contributed by atoms with van der Waals surface area (Å²) in [7, 11) is 0. The van der Waals surface area contributed by atoms with Crippen molar-refractivity contribution in [2.75, 3.05) is 0 Å². The van der Waals surface area contributed by atoms with Crippen molar-refractivity contribution in [1.82, 2.24) is 35.4 Å². The third kappa shape index (κ3) is 5.51. The number of hydrogen-bond acceptors (Lipinski definition) is 5. The highest BCUT2D eigenvalue weighted by Crippen LogP contribution is 2.30. The van der Waals surface area contributed by atoms with Gasteiger partial charge in [-0.3, -0.25) is 0 Å². The van der Waals surface area contributed by atoms with Gasteiger partial charge in [-0.1, -0.05) is 92.7 Å². The molecule has 2 heterocycles. The summed E-state index contributed by atoms with van der Waals surface area (Å²) in [5.74, 6) is 3.16. The van der Waals surface area contributed by atoms with Crippen molar-refractivity contribution in [3.8, 4) is 22.5 Å². The Balaban J connectivity index is 1.38. The number of aromatic amines is 1. The molecule has 7 nitrogen and oxygen atoms in total. The predicted octanol–water partition coefficient (Wildman–Crippen LogP) is 5.35. The summed E-state index contributed by atoms with van der Waals surface area (Å²) in [6.45, 7) is 5.37. The molecule has 0 bridgehead atoms. The Hall–Kier alpha value is -4.13. The van der Waals surface area contributed by atoms with Crippen LogP contribution in [0.15, 0.2) is 78.9 Å². The molecule has 7 heteroatoms. The van der Waals surface area contributed by atoms with E-state index in [1.165, 1.54) is 11.1 Å². The van der Waals surface area contributed by atoms with Gasteiger partial charge in [0.05, 0.1) is 0 Å². The van der Waals surface area contributed by atoms with E-state index < -0.39 is 0 Å². The number of benzene rings is 3. The fraction of sp³-hybridized carbons (Fsp3) is 0.250. The third-order valence-corrected chi connectivity index (χ3v) is 6.07. The number of aromatic nitrogens is 7. The summed E-state index contributed by atoms with van der Waals surface area (Å²) in [6, 6.07) is 27.2. The van der Waals surface area contributed by atoms with E-state index in [9.17, 15) is 0 Å². The van der Waals surface area contributed by atoms with Crippen LogP contribution in [-0.4, -0.2) is 35.4 Å². The highest BCUT2D eigenvalue weighted by Gasteiger charge is 2.13. The third-order valence-electron chi connectivity index (χ3n) is 6.07. The Labute approximate surface area is 205 Å². The van der Waals surface area contributed by atoms with Crippen LogP contribution in [0.4, 0.5) is 0 Å². The van der Waals surface area contributed by atoms with Crippen molar-refractivity contribution in [1.29, 1.82) is 0 Å². The second kappa shape index (κ2) is 10.4. The van der Waals surface area contributed by atoms with E-state index >= 15 is 0 Å². The van der Waals surface area contributed by atoms with E-state index in [4.69, 9.17) is 10.1 Å². The molecule has 2 aromatic heterocycles. The lowest BCUT2D eigenvalue weighted by Crippen LogP contribution is -2.08. The first kappa shape index (κ1) is 22.7. The summed E-state index contributed by atoms with van der Waals surface area (Å²) >= 11 is 0. The Kier molecular flexibility index (Phi) is 6.75. The zero-order valence-corrected chi connectivity index (χ0v) is 20.1. The fourth-order valence-electron chi connectivity index (χ4n) is 4.17. The second-order valence-electron chi connectivity index (χ2n) is 9.18. The number of hydrogen-bond donors (Lipinski definition) is 1. The zero-order valence-electron chi connectivity index (χ0n) is 20.1. The first-order chi connectivity index (χ1) is 17.2. The summed E-state index contributed by atoms with van der Waals surface area (Å²) in [6.07, 6.45) is 2.57.